The van der Waals surface area contributed by atoms with Crippen molar-refractivity contribution in [1.82, 2.24) is 10.0 Å². The van der Waals surface area contributed by atoms with E-state index < -0.39 is 10.0 Å². The molecule has 0 aromatic heterocycles. The first kappa shape index (κ1) is 15.1. The first-order valence-corrected chi connectivity index (χ1v) is 6.53. The number of rotatable bonds is 6. The summed E-state index contributed by atoms with van der Waals surface area (Å²) in [6, 6.07) is 0. The van der Waals surface area contributed by atoms with E-state index in [-0.39, 0.29) is 24.3 Å². The fourth-order valence-electron chi connectivity index (χ4n) is 1.41. The molecule has 0 bridgehead atoms. The van der Waals surface area contributed by atoms with Crippen LogP contribution < -0.4 is 10.0 Å². The summed E-state index contributed by atoms with van der Waals surface area (Å²) in [7, 11) is -1.37. The van der Waals surface area contributed by atoms with Crippen LogP contribution in [-0.2, 0) is 14.8 Å². The van der Waals surface area contributed by atoms with E-state index >= 15 is 0 Å². The molecule has 0 amide bonds. The minimum atomic E-state index is -3.15. The molecule has 7 heteroatoms. The summed E-state index contributed by atoms with van der Waals surface area (Å²) in [5.74, 6) is 0.0940. The van der Waals surface area contributed by atoms with Crippen molar-refractivity contribution in [2.24, 2.45) is 0 Å². The third-order valence-corrected chi connectivity index (χ3v) is 3.58. The molecule has 5 nitrogen and oxygen atoms in total. The van der Waals surface area contributed by atoms with Crippen molar-refractivity contribution in [2.75, 3.05) is 32.5 Å². The molecule has 0 radical (unpaired) electrons. The molecule has 15 heavy (non-hydrogen) atoms. The molecule has 1 rings (SSSR count). The van der Waals surface area contributed by atoms with Crippen LogP contribution in [-0.4, -0.2) is 47.0 Å². The van der Waals surface area contributed by atoms with Crippen LogP contribution in [0.1, 0.15) is 12.8 Å². The maximum absolute atomic E-state index is 11.4. The SMILES string of the molecule is CNCCNS(=O)(=O)CC1CCCO1.Cl. The molecule has 1 unspecified atom stereocenters. The lowest BCUT2D eigenvalue weighted by Crippen LogP contribution is -2.35. The highest BCUT2D eigenvalue weighted by molar-refractivity contribution is 7.89. The Morgan fingerprint density at radius 1 is 1.40 bits per heavy atom. The second-order valence-corrected chi connectivity index (χ2v) is 5.27. The Bertz CT molecular complexity index is 253. The Hall–Kier alpha value is 0.120. The van der Waals surface area contributed by atoms with Crippen LogP contribution in [0.15, 0.2) is 0 Å². The van der Waals surface area contributed by atoms with Crippen LogP contribution in [0.3, 0.4) is 0 Å². The number of hydrogen-bond donors (Lipinski definition) is 2. The van der Waals surface area contributed by atoms with E-state index in [1.54, 1.807) is 7.05 Å². The van der Waals surface area contributed by atoms with E-state index in [9.17, 15) is 8.42 Å². The van der Waals surface area contributed by atoms with Crippen LogP contribution in [0.2, 0.25) is 0 Å². The van der Waals surface area contributed by atoms with Crippen LogP contribution >= 0.6 is 12.4 Å². The standard InChI is InChI=1S/C8H18N2O3S.ClH/c1-9-4-5-10-14(11,12)7-8-3-2-6-13-8;/h8-10H,2-7H2,1H3;1H. The normalized spacial score (nSPS) is 21.3. The van der Waals surface area contributed by atoms with E-state index in [1.165, 1.54) is 0 Å². The molecule has 1 saturated heterocycles. The predicted octanol–water partition coefficient (Wildman–Crippen LogP) is -0.274. The first-order chi connectivity index (χ1) is 6.64. The maximum Gasteiger partial charge on any atom is 0.214 e. The number of sulfonamides is 1. The van der Waals surface area contributed by atoms with Crippen molar-refractivity contribution in [1.29, 1.82) is 0 Å². The molecule has 1 atom stereocenters. The smallest absolute Gasteiger partial charge is 0.214 e. The van der Waals surface area contributed by atoms with E-state index in [0.717, 1.165) is 12.8 Å². The van der Waals surface area contributed by atoms with Crippen LogP contribution in [0.25, 0.3) is 0 Å². The van der Waals surface area contributed by atoms with E-state index in [4.69, 9.17) is 4.74 Å². The number of likely N-dealkylation sites (N-methyl/N-ethyl adjacent to an activating group) is 1. The van der Waals surface area contributed by atoms with Gasteiger partial charge in [0.05, 0.1) is 11.9 Å². The van der Waals surface area contributed by atoms with Crippen LogP contribution in [0.5, 0.6) is 0 Å². The summed E-state index contributed by atoms with van der Waals surface area (Å²) in [4.78, 5) is 0. The highest BCUT2D eigenvalue weighted by atomic mass is 35.5. The fourth-order valence-corrected chi connectivity index (χ4v) is 2.69. The van der Waals surface area contributed by atoms with Crippen molar-refractivity contribution in [3.05, 3.63) is 0 Å². The van der Waals surface area contributed by atoms with Gasteiger partial charge in [-0.05, 0) is 19.9 Å². The lowest BCUT2D eigenvalue weighted by Gasteiger charge is -2.10. The van der Waals surface area contributed by atoms with Gasteiger partial charge in [0.1, 0.15) is 0 Å². The Morgan fingerprint density at radius 3 is 2.67 bits per heavy atom. The molecule has 1 heterocycles. The van der Waals surface area contributed by atoms with Gasteiger partial charge in [0.2, 0.25) is 10.0 Å². The Morgan fingerprint density at radius 2 is 2.13 bits per heavy atom. The van der Waals surface area contributed by atoms with Crippen molar-refractivity contribution < 1.29 is 13.2 Å². The molecule has 1 aliphatic heterocycles. The third kappa shape index (κ3) is 6.32. The second-order valence-electron chi connectivity index (χ2n) is 3.41. The summed E-state index contributed by atoms with van der Waals surface area (Å²) in [6.07, 6.45) is 1.71. The largest absolute Gasteiger partial charge is 0.377 e. The predicted molar refractivity (Wildman–Crippen MR) is 61.9 cm³/mol. The summed E-state index contributed by atoms with van der Waals surface area (Å²) in [5.41, 5.74) is 0. The maximum atomic E-state index is 11.4. The van der Waals surface area contributed by atoms with Crippen molar-refractivity contribution >= 4 is 22.4 Å². The quantitative estimate of drug-likeness (QED) is 0.644. The second kappa shape index (κ2) is 7.40. The summed E-state index contributed by atoms with van der Waals surface area (Å²) in [6.45, 7) is 1.77. The van der Waals surface area contributed by atoms with Gasteiger partial charge in [0.25, 0.3) is 0 Å². The first-order valence-electron chi connectivity index (χ1n) is 4.87. The van der Waals surface area contributed by atoms with Crippen molar-refractivity contribution in [2.45, 2.75) is 18.9 Å². The Kier molecular flexibility index (Phi) is 7.46. The number of nitrogens with one attached hydrogen (secondary N) is 2. The van der Waals surface area contributed by atoms with Gasteiger partial charge in [-0.3, -0.25) is 0 Å². The lowest BCUT2D eigenvalue weighted by molar-refractivity contribution is 0.127. The molecule has 0 aromatic rings. The summed E-state index contributed by atoms with van der Waals surface area (Å²) < 4.78 is 30.7. The molecular formula is C8H19ClN2O3S. The van der Waals surface area contributed by atoms with Crippen LogP contribution in [0.4, 0.5) is 0 Å². The number of halogens is 1. The topological polar surface area (TPSA) is 67.4 Å². The lowest BCUT2D eigenvalue weighted by atomic mass is 10.3. The van der Waals surface area contributed by atoms with Gasteiger partial charge < -0.3 is 10.1 Å². The van der Waals surface area contributed by atoms with Crippen LogP contribution in [0, 0.1) is 0 Å². The van der Waals surface area contributed by atoms with Gasteiger partial charge in [0.15, 0.2) is 0 Å². The third-order valence-electron chi connectivity index (χ3n) is 2.13. The number of hydrogen-bond acceptors (Lipinski definition) is 4. The summed E-state index contributed by atoms with van der Waals surface area (Å²) in [5, 5.41) is 2.88. The van der Waals surface area contributed by atoms with E-state index in [1.807, 2.05) is 0 Å². The molecule has 0 spiro atoms. The zero-order valence-electron chi connectivity index (χ0n) is 8.86. The van der Waals surface area contributed by atoms with E-state index in [0.29, 0.717) is 19.7 Å². The number of ether oxygens (including phenoxy) is 1. The average Bonchev–Trinajstić information content (AvgIpc) is 2.56. The zero-order valence-corrected chi connectivity index (χ0v) is 10.5. The molecule has 92 valence electrons. The van der Waals surface area contributed by atoms with Crippen molar-refractivity contribution in [3.8, 4) is 0 Å². The molecule has 2 N–H and O–H groups in total. The molecular weight excluding hydrogens is 240 g/mol. The molecule has 0 aromatic carbocycles. The minimum Gasteiger partial charge on any atom is -0.377 e. The molecule has 1 aliphatic rings. The molecule has 1 fully saturated rings. The minimum absolute atomic E-state index is 0. The Labute approximate surface area is 97.4 Å². The van der Waals surface area contributed by atoms with Crippen molar-refractivity contribution in [3.63, 3.8) is 0 Å². The van der Waals surface area contributed by atoms with Gasteiger partial charge in [0, 0.05) is 19.7 Å². The van der Waals surface area contributed by atoms with E-state index in [2.05, 4.69) is 10.0 Å². The molecule has 0 saturated carbocycles. The highest BCUT2D eigenvalue weighted by Gasteiger charge is 2.22. The fraction of sp³-hybridized carbons (Fsp3) is 1.00. The van der Waals surface area contributed by atoms with Gasteiger partial charge in [-0.15, -0.1) is 12.4 Å². The Balaban J connectivity index is 0.00000196. The highest BCUT2D eigenvalue weighted by Crippen LogP contribution is 2.13. The monoisotopic (exact) mass is 258 g/mol. The van der Waals surface area contributed by atoms with Gasteiger partial charge in [-0.25, -0.2) is 13.1 Å². The van der Waals surface area contributed by atoms with Gasteiger partial charge in [-0.2, -0.15) is 0 Å². The van der Waals surface area contributed by atoms with Gasteiger partial charge in [-0.1, -0.05) is 0 Å². The zero-order chi connectivity index (χ0) is 10.4. The summed E-state index contributed by atoms with van der Waals surface area (Å²) >= 11 is 0. The molecule has 0 aliphatic carbocycles. The van der Waals surface area contributed by atoms with Gasteiger partial charge >= 0.3 is 0 Å². The average molecular weight is 259 g/mol.